The second-order valence-corrected chi connectivity index (χ2v) is 5.66. The summed E-state index contributed by atoms with van der Waals surface area (Å²) < 4.78 is 0. The van der Waals surface area contributed by atoms with Gasteiger partial charge in [-0.1, -0.05) is 0 Å². The van der Waals surface area contributed by atoms with Gasteiger partial charge in [0, 0.05) is 25.1 Å². The van der Waals surface area contributed by atoms with Gasteiger partial charge >= 0.3 is 0 Å². The molecular formula is C14H25N5. The van der Waals surface area contributed by atoms with Crippen molar-refractivity contribution in [3.8, 4) is 0 Å². The van der Waals surface area contributed by atoms with Crippen molar-refractivity contribution in [2.75, 3.05) is 38.3 Å². The van der Waals surface area contributed by atoms with Crippen molar-refractivity contribution in [1.29, 1.82) is 0 Å². The van der Waals surface area contributed by atoms with Gasteiger partial charge in [0.25, 0.3) is 0 Å². The highest BCUT2D eigenvalue weighted by Gasteiger charge is 2.27. The Morgan fingerprint density at radius 2 is 2.00 bits per heavy atom. The Bertz CT molecular complexity index is 414. The topological polar surface area (TPSA) is 53.1 Å². The zero-order valence-corrected chi connectivity index (χ0v) is 12.4. The van der Waals surface area contributed by atoms with Crippen molar-refractivity contribution in [3.05, 3.63) is 11.9 Å². The summed E-state index contributed by atoms with van der Waals surface area (Å²) in [6.07, 6.45) is 3.55. The monoisotopic (exact) mass is 263 g/mol. The van der Waals surface area contributed by atoms with Crippen LogP contribution in [0.4, 0.5) is 11.6 Å². The summed E-state index contributed by atoms with van der Waals surface area (Å²) in [5.74, 6) is 3.40. The van der Waals surface area contributed by atoms with E-state index in [2.05, 4.69) is 46.5 Å². The normalized spacial score (nSPS) is 16.5. The smallest absolute Gasteiger partial charge is 0.136 e. The van der Waals surface area contributed by atoms with Crippen LogP contribution in [0, 0.1) is 0 Å². The van der Waals surface area contributed by atoms with E-state index in [0.717, 1.165) is 30.4 Å². The lowest BCUT2D eigenvalue weighted by molar-refractivity contribution is 0.390. The third-order valence-electron chi connectivity index (χ3n) is 3.35. The summed E-state index contributed by atoms with van der Waals surface area (Å²) in [5.41, 5.74) is 0. The van der Waals surface area contributed by atoms with E-state index in [-0.39, 0.29) is 0 Å². The maximum Gasteiger partial charge on any atom is 0.136 e. The fourth-order valence-corrected chi connectivity index (χ4v) is 1.97. The van der Waals surface area contributed by atoms with E-state index < -0.39 is 0 Å². The third-order valence-corrected chi connectivity index (χ3v) is 3.35. The van der Waals surface area contributed by atoms with Crippen molar-refractivity contribution in [3.63, 3.8) is 0 Å². The highest BCUT2D eigenvalue weighted by atomic mass is 15.1. The Morgan fingerprint density at radius 3 is 2.58 bits per heavy atom. The maximum atomic E-state index is 4.63. The average molecular weight is 263 g/mol. The minimum atomic E-state index is 0.411. The van der Waals surface area contributed by atoms with Crippen LogP contribution in [0.25, 0.3) is 0 Å². The standard InChI is InChI=1S/C14H25N5/c1-10(7-8-19(3)4)16-13-9-12(15-2)17-14(18-13)11-5-6-11/h9-11H,5-8H2,1-4H3,(H2,15,16,17,18). The van der Waals surface area contributed by atoms with Crippen LogP contribution < -0.4 is 10.6 Å². The molecule has 5 heteroatoms. The maximum absolute atomic E-state index is 4.63. The van der Waals surface area contributed by atoms with E-state index in [4.69, 9.17) is 0 Å². The van der Waals surface area contributed by atoms with Crippen LogP contribution in [0.1, 0.15) is 37.9 Å². The lowest BCUT2D eigenvalue weighted by atomic mass is 10.2. The van der Waals surface area contributed by atoms with Gasteiger partial charge in [0.15, 0.2) is 0 Å². The van der Waals surface area contributed by atoms with E-state index in [1.54, 1.807) is 0 Å². The molecule has 0 bridgehead atoms. The molecule has 19 heavy (non-hydrogen) atoms. The Balaban J connectivity index is 2.00. The zero-order chi connectivity index (χ0) is 13.8. The van der Waals surface area contributed by atoms with Crippen molar-refractivity contribution >= 4 is 11.6 Å². The molecule has 2 rings (SSSR count). The molecule has 1 saturated carbocycles. The fourth-order valence-electron chi connectivity index (χ4n) is 1.97. The van der Waals surface area contributed by atoms with Crippen LogP contribution in [0.5, 0.6) is 0 Å². The lowest BCUT2D eigenvalue weighted by Crippen LogP contribution is -2.23. The Hall–Kier alpha value is -1.36. The van der Waals surface area contributed by atoms with Crippen LogP contribution in [-0.4, -0.2) is 48.6 Å². The summed E-state index contributed by atoms with van der Waals surface area (Å²) in [4.78, 5) is 11.4. The van der Waals surface area contributed by atoms with E-state index in [1.165, 1.54) is 12.8 Å². The van der Waals surface area contributed by atoms with Gasteiger partial charge in [0.2, 0.25) is 0 Å². The molecule has 1 aliphatic rings. The van der Waals surface area contributed by atoms with Crippen molar-refractivity contribution in [2.45, 2.75) is 38.1 Å². The van der Waals surface area contributed by atoms with Gasteiger partial charge in [-0.15, -0.1) is 0 Å². The van der Waals surface area contributed by atoms with Gasteiger partial charge in [-0.25, -0.2) is 9.97 Å². The molecule has 1 aliphatic carbocycles. The Kier molecular flexibility index (Phi) is 4.58. The molecule has 0 spiro atoms. The second-order valence-electron chi connectivity index (χ2n) is 5.66. The molecule has 106 valence electrons. The van der Waals surface area contributed by atoms with Crippen molar-refractivity contribution in [1.82, 2.24) is 14.9 Å². The SMILES string of the molecule is CNc1cc(NC(C)CCN(C)C)nc(C2CC2)n1. The van der Waals surface area contributed by atoms with E-state index in [9.17, 15) is 0 Å². The van der Waals surface area contributed by atoms with E-state index in [0.29, 0.717) is 12.0 Å². The van der Waals surface area contributed by atoms with Gasteiger partial charge in [-0.05, 0) is 46.8 Å². The molecule has 5 nitrogen and oxygen atoms in total. The summed E-state index contributed by atoms with van der Waals surface area (Å²) >= 11 is 0. The average Bonchev–Trinajstić information content (AvgIpc) is 3.20. The minimum Gasteiger partial charge on any atom is -0.373 e. The predicted molar refractivity (Wildman–Crippen MR) is 79.8 cm³/mol. The molecule has 1 aromatic rings. The highest BCUT2D eigenvalue weighted by Crippen LogP contribution is 2.38. The quantitative estimate of drug-likeness (QED) is 0.789. The minimum absolute atomic E-state index is 0.411. The van der Waals surface area contributed by atoms with Gasteiger partial charge in [0.1, 0.15) is 17.5 Å². The molecular weight excluding hydrogens is 238 g/mol. The fraction of sp³-hybridized carbons (Fsp3) is 0.714. The number of rotatable bonds is 7. The second kappa shape index (κ2) is 6.19. The van der Waals surface area contributed by atoms with Crippen molar-refractivity contribution < 1.29 is 0 Å². The molecule has 1 aromatic heterocycles. The van der Waals surface area contributed by atoms with Gasteiger partial charge in [-0.3, -0.25) is 0 Å². The molecule has 0 aromatic carbocycles. The molecule has 0 amide bonds. The molecule has 1 unspecified atom stereocenters. The van der Waals surface area contributed by atoms with Crippen LogP contribution in [0.15, 0.2) is 6.07 Å². The highest BCUT2D eigenvalue weighted by molar-refractivity contribution is 5.48. The van der Waals surface area contributed by atoms with E-state index >= 15 is 0 Å². The number of nitrogens with zero attached hydrogens (tertiary/aromatic N) is 3. The van der Waals surface area contributed by atoms with Crippen molar-refractivity contribution in [2.24, 2.45) is 0 Å². The van der Waals surface area contributed by atoms with Crippen LogP contribution in [0.2, 0.25) is 0 Å². The Morgan fingerprint density at radius 1 is 1.32 bits per heavy atom. The molecule has 0 aliphatic heterocycles. The molecule has 1 fully saturated rings. The van der Waals surface area contributed by atoms with E-state index in [1.807, 2.05) is 13.1 Å². The molecule has 1 atom stereocenters. The summed E-state index contributed by atoms with van der Waals surface area (Å²) in [5, 5.41) is 6.59. The summed E-state index contributed by atoms with van der Waals surface area (Å²) in [6, 6.07) is 2.40. The van der Waals surface area contributed by atoms with Crippen LogP contribution in [-0.2, 0) is 0 Å². The summed E-state index contributed by atoms with van der Waals surface area (Å²) in [6.45, 7) is 3.27. The largest absolute Gasteiger partial charge is 0.373 e. The Labute approximate surface area is 115 Å². The first-order chi connectivity index (χ1) is 9.08. The van der Waals surface area contributed by atoms with Gasteiger partial charge in [0.05, 0.1) is 0 Å². The number of hydrogen-bond acceptors (Lipinski definition) is 5. The number of anilines is 2. The number of aromatic nitrogens is 2. The van der Waals surface area contributed by atoms with Crippen LogP contribution in [0.3, 0.4) is 0 Å². The zero-order valence-electron chi connectivity index (χ0n) is 12.4. The van der Waals surface area contributed by atoms with Gasteiger partial charge in [-0.2, -0.15) is 0 Å². The first-order valence-corrected chi connectivity index (χ1v) is 7.06. The number of hydrogen-bond donors (Lipinski definition) is 2. The number of nitrogens with one attached hydrogen (secondary N) is 2. The lowest BCUT2D eigenvalue weighted by Gasteiger charge is -2.18. The summed E-state index contributed by atoms with van der Waals surface area (Å²) in [7, 11) is 6.10. The molecule has 2 N–H and O–H groups in total. The predicted octanol–water partition coefficient (Wildman–Crippen LogP) is 2.15. The van der Waals surface area contributed by atoms with Gasteiger partial charge < -0.3 is 15.5 Å². The molecule has 0 saturated heterocycles. The molecule has 1 heterocycles. The third kappa shape index (κ3) is 4.35. The first-order valence-electron chi connectivity index (χ1n) is 7.06. The molecule has 0 radical (unpaired) electrons. The first kappa shape index (κ1) is 14.1. The van der Waals surface area contributed by atoms with Crippen LogP contribution >= 0.6 is 0 Å².